The molecule has 0 aliphatic carbocycles. The Morgan fingerprint density at radius 2 is 2.29 bits per heavy atom. The maximum absolute atomic E-state index is 10.9. The molecule has 1 aromatic carbocycles. The molecule has 0 heterocycles. The lowest BCUT2D eigenvalue weighted by Gasteiger charge is -2.05. The smallest absolute Gasteiger partial charge is 0.248 e. The largest absolute Gasteiger partial charge is 0.483 e. The Morgan fingerprint density at radius 3 is 2.86 bits per heavy atom. The van der Waals surface area contributed by atoms with Crippen LogP contribution >= 0.6 is 23.4 Å². The van der Waals surface area contributed by atoms with E-state index >= 15 is 0 Å². The van der Waals surface area contributed by atoms with E-state index in [0.29, 0.717) is 22.3 Å². The average molecular weight is 232 g/mol. The van der Waals surface area contributed by atoms with E-state index in [-0.39, 0.29) is 0 Å². The van der Waals surface area contributed by atoms with Gasteiger partial charge in [0.05, 0.1) is 0 Å². The quantitative estimate of drug-likeness (QED) is 0.808. The topological polar surface area (TPSA) is 52.3 Å². The van der Waals surface area contributed by atoms with Crippen molar-refractivity contribution in [2.75, 3.05) is 12.2 Å². The van der Waals surface area contributed by atoms with Crippen LogP contribution in [-0.2, 0) is 0 Å². The molecule has 0 radical (unpaired) electrons. The van der Waals surface area contributed by atoms with Crippen LogP contribution in [0.3, 0.4) is 0 Å². The molecule has 5 heteroatoms. The van der Waals surface area contributed by atoms with Crippen molar-refractivity contribution >= 4 is 29.3 Å². The zero-order valence-corrected chi connectivity index (χ0v) is 9.19. The minimum Gasteiger partial charge on any atom is -0.483 e. The van der Waals surface area contributed by atoms with Crippen LogP contribution in [0.25, 0.3) is 0 Å². The van der Waals surface area contributed by atoms with Gasteiger partial charge in [0.2, 0.25) is 5.91 Å². The molecule has 0 saturated carbocycles. The molecule has 1 aromatic rings. The van der Waals surface area contributed by atoms with Crippen LogP contribution in [0.4, 0.5) is 0 Å². The van der Waals surface area contributed by atoms with Crippen molar-refractivity contribution in [3.8, 4) is 5.75 Å². The second-order valence-corrected chi connectivity index (χ2v) is 3.84. The Kier molecular flexibility index (Phi) is 4.10. The number of halogens is 1. The van der Waals surface area contributed by atoms with Gasteiger partial charge in [-0.15, -0.1) is 11.8 Å². The number of benzene rings is 1. The molecular weight excluding hydrogens is 222 g/mol. The molecule has 3 nitrogen and oxygen atoms in total. The van der Waals surface area contributed by atoms with Crippen molar-refractivity contribution in [3.05, 3.63) is 28.8 Å². The van der Waals surface area contributed by atoms with Gasteiger partial charge in [-0.1, -0.05) is 11.6 Å². The molecule has 0 aliphatic rings. The van der Waals surface area contributed by atoms with Crippen molar-refractivity contribution in [1.29, 1.82) is 0 Å². The molecule has 0 aliphatic heterocycles. The van der Waals surface area contributed by atoms with Crippen LogP contribution in [0.1, 0.15) is 10.4 Å². The number of carbonyl (C=O) groups is 1. The van der Waals surface area contributed by atoms with Crippen molar-refractivity contribution in [2.45, 2.75) is 0 Å². The van der Waals surface area contributed by atoms with Crippen molar-refractivity contribution < 1.29 is 9.53 Å². The Morgan fingerprint density at radius 1 is 1.57 bits per heavy atom. The molecular formula is C9H10ClNO2S. The number of carbonyl (C=O) groups excluding carboxylic acids is 1. The molecule has 0 unspecified atom stereocenters. The number of nitrogens with two attached hydrogens (primary N) is 1. The summed E-state index contributed by atoms with van der Waals surface area (Å²) in [6, 6.07) is 4.73. The first-order valence-electron chi connectivity index (χ1n) is 3.85. The lowest BCUT2D eigenvalue weighted by Crippen LogP contribution is -2.11. The van der Waals surface area contributed by atoms with Crippen LogP contribution in [0.5, 0.6) is 5.75 Å². The van der Waals surface area contributed by atoms with Crippen molar-refractivity contribution in [3.63, 3.8) is 0 Å². The number of hydrogen-bond acceptors (Lipinski definition) is 3. The number of thioether (sulfide) groups is 1. The lowest BCUT2D eigenvalue weighted by molar-refractivity contribution is 0.1000. The third kappa shape index (κ3) is 3.12. The van der Waals surface area contributed by atoms with E-state index in [0.717, 1.165) is 0 Å². The van der Waals surface area contributed by atoms with Gasteiger partial charge in [0.25, 0.3) is 0 Å². The number of ether oxygens (including phenoxy) is 1. The van der Waals surface area contributed by atoms with Crippen LogP contribution in [-0.4, -0.2) is 18.1 Å². The predicted molar refractivity (Wildman–Crippen MR) is 59.0 cm³/mol. The first-order valence-corrected chi connectivity index (χ1v) is 5.63. The SMILES string of the molecule is CSCOc1cc(Cl)cc(C(N)=O)c1. The summed E-state index contributed by atoms with van der Waals surface area (Å²) >= 11 is 7.31. The normalized spacial score (nSPS) is 9.86. The van der Waals surface area contributed by atoms with Crippen LogP contribution in [0.2, 0.25) is 5.02 Å². The monoisotopic (exact) mass is 231 g/mol. The lowest BCUT2D eigenvalue weighted by atomic mass is 10.2. The standard InChI is InChI=1S/C9H10ClNO2S/c1-14-5-13-8-3-6(9(11)12)2-7(10)4-8/h2-4H,5H2,1H3,(H2,11,12). The maximum atomic E-state index is 10.9. The van der Waals surface area contributed by atoms with E-state index in [4.69, 9.17) is 22.1 Å². The highest BCUT2D eigenvalue weighted by Gasteiger charge is 2.04. The summed E-state index contributed by atoms with van der Waals surface area (Å²) in [5.41, 5.74) is 5.48. The molecule has 1 rings (SSSR count). The highest BCUT2D eigenvalue weighted by atomic mass is 35.5. The molecule has 0 bridgehead atoms. The summed E-state index contributed by atoms with van der Waals surface area (Å²) in [5, 5.41) is 0.442. The van der Waals surface area contributed by atoms with Crippen LogP contribution < -0.4 is 10.5 Å². The van der Waals surface area contributed by atoms with E-state index in [2.05, 4.69) is 0 Å². The van der Waals surface area contributed by atoms with E-state index < -0.39 is 5.91 Å². The number of amides is 1. The van der Waals surface area contributed by atoms with Gasteiger partial charge in [0, 0.05) is 10.6 Å². The van der Waals surface area contributed by atoms with E-state index in [9.17, 15) is 4.79 Å². The first kappa shape index (κ1) is 11.2. The van der Waals surface area contributed by atoms with E-state index in [1.807, 2.05) is 6.26 Å². The zero-order valence-electron chi connectivity index (χ0n) is 7.62. The zero-order chi connectivity index (χ0) is 10.6. The second-order valence-electron chi connectivity index (χ2n) is 2.59. The predicted octanol–water partition coefficient (Wildman–Crippen LogP) is 2.14. The summed E-state index contributed by atoms with van der Waals surface area (Å²) in [7, 11) is 0. The highest BCUT2D eigenvalue weighted by molar-refractivity contribution is 7.98. The van der Waals surface area contributed by atoms with Gasteiger partial charge in [0.15, 0.2) is 0 Å². The van der Waals surface area contributed by atoms with Crippen molar-refractivity contribution in [1.82, 2.24) is 0 Å². The van der Waals surface area contributed by atoms with Crippen LogP contribution in [0.15, 0.2) is 18.2 Å². The summed E-state index contributed by atoms with van der Waals surface area (Å²) < 4.78 is 5.30. The Bertz CT molecular complexity index is 344. The molecule has 1 amide bonds. The number of rotatable bonds is 4. The minimum absolute atomic E-state index is 0.355. The number of hydrogen-bond donors (Lipinski definition) is 1. The Balaban J connectivity index is 2.89. The van der Waals surface area contributed by atoms with Crippen molar-refractivity contribution in [2.24, 2.45) is 5.73 Å². The first-order chi connectivity index (χ1) is 6.63. The molecule has 76 valence electrons. The fourth-order valence-electron chi connectivity index (χ4n) is 0.915. The second kappa shape index (κ2) is 5.12. The molecule has 0 atom stereocenters. The van der Waals surface area contributed by atoms with Gasteiger partial charge < -0.3 is 10.5 Å². The number of primary amides is 1. The van der Waals surface area contributed by atoms with Gasteiger partial charge in [-0.3, -0.25) is 4.79 Å². The summed E-state index contributed by atoms with van der Waals surface area (Å²) in [6.07, 6.45) is 1.92. The fraction of sp³-hybridized carbons (Fsp3) is 0.222. The Labute approximate surface area is 91.6 Å². The summed E-state index contributed by atoms with van der Waals surface area (Å²) in [6.45, 7) is 0. The third-order valence-corrected chi connectivity index (χ3v) is 2.07. The third-order valence-electron chi connectivity index (χ3n) is 1.50. The van der Waals surface area contributed by atoms with Gasteiger partial charge in [-0.05, 0) is 24.5 Å². The minimum atomic E-state index is -0.512. The summed E-state index contributed by atoms with van der Waals surface area (Å²) in [4.78, 5) is 10.9. The Hall–Kier alpha value is -0.870. The van der Waals surface area contributed by atoms with Gasteiger partial charge in [-0.25, -0.2) is 0 Å². The van der Waals surface area contributed by atoms with Gasteiger partial charge >= 0.3 is 0 Å². The average Bonchev–Trinajstić information content (AvgIpc) is 2.14. The van der Waals surface area contributed by atoms with Gasteiger partial charge in [0.1, 0.15) is 11.7 Å². The maximum Gasteiger partial charge on any atom is 0.248 e. The molecule has 14 heavy (non-hydrogen) atoms. The molecule has 0 fully saturated rings. The molecule has 0 aromatic heterocycles. The van der Waals surface area contributed by atoms with Crippen LogP contribution in [0, 0.1) is 0 Å². The van der Waals surface area contributed by atoms with Gasteiger partial charge in [-0.2, -0.15) is 0 Å². The molecule has 0 saturated heterocycles. The summed E-state index contributed by atoms with van der Waals surface area (Å²) in [5.74, 6) is 0.556. The van der Waals surface area contributed by atoms with E-state index in [1.165, 1.54) is 17.8 Å². The molecule has 2 N–H and O–H groups in total. The van der Waals surface area contributed by atoms with E-state index in [1.54, 1.807) is 12.1 Å². The highest BCUT2D eigenvalue weighted by Crippen LogP contribution is 2.21. The molecule has 0 spiro atoms. The fourth-order valence-corrected chi connectivity index (χ4v) is 1.39.